The molecule has 2 aromatic rings. The van der Waals surface area contributed by atoms with E-state index in [9.17, 15) is 29.3 Å². The first-order chi connectivity index (χ1) is 28.9. The Morgan fingerprint density at radius 2 is 1.43 bits per heavy atom. The van der Waals surface area contributed by atoms with E-state index in [2.05, 4.69) is 67.3 Å². The fourth-order valence-corrected chi connectivity index (χ4v) is 21.2. The molecule has 1 fully saturated rings. The van der Waals surface area contributed by atoms with E-state index in [1.54, 1.807) is 19.1 Å². The molecule has 2 unspecified atom stereocenters. The van der Waals surface area contributed by atoms with Crippen LogP contribution in [-0.4, -0.2) is 84.3 Å². The molecule has 1 saturated heterocycles. The van der Waals surface area contributed by atoms with Gasteiger partial charge in [0, 0.05) is 12.3 Å². The Hall–Kier alpha value is -3.19. The molecule has 0 saturated carbocycles. The Balaban J connectivity index is 1.77. The van der Waals surface area contributed by atoms with E-state index < -0.39 is 68.4 Å². The van der Waals surface area contributed by atoms with E-state index in [-0.39, 0.29) is 34.7 Å². The van der Waals surface area contributed by atoms with Gasteiger partial charge in [0.2, 0.25) is 8.32 Å². The number of carbonyl (C=O) groups is 2. The Labute approximate surface area is 366 Å². The Morgan fingerprint density at radius 1 is 0.852 bits per heavy atom. The number of nitro groups is 1. The quantitative estimate of drug-likeness (QED) is 0.0173. The molecule has 3 rings (SSSR count). The number of rotatable bonds is 27. The molecule has 1 N–H and O–H groups in total. The molecule has 15 heteroatoms. The molecule has 0 amide bonds. The number of aromatic amines is 1. The first kappa shape index (κ1) is 52.2. The molecule has 0 aliphatic carbocycles. The number of hydrogen-bond acceptors (Lipinski definition) is 10. The summed E-state index contributed by atoms with van der Waals surface area (Å²) in [6.07, 6.45) is 12.2. The number of nitrogens with zero attached hydrogens (tertiary/aromatic N) is 2. The number of ketones is 1. The minimum atomic E-state index is -2.66. The van der Waals surface area contributed by atoms with E-state index in [4.69, 9.17) is 18.6 Å². The summed E-state index contributed by atoms with van der Waals surface area (Å²) in [5, 5.41) is 12.4. The number of benzene rings is 1. The Morgan fingerprint density at radius 3 is 1.93 bits per heavy atom. The van der Waals surface area contributed by atoms with Crippen LogP contribution >= 0.6 is 7.26 Å². The third-order valence-corrected chi connectivity index (χ3v) is 24.9. The van der Waals surface area contributed by atoms with E-state index in [1.807, 2.05) is 6.92 Å². The van der Waals surface area contributed by atoms with Crippen molar-refractivity contribution in [3.05, 3.63) is 72.5 Å². The number of aromatic nitrogens is 2. The summed E-state index contributed by atoms with van der Waals surface area (Å²) in [5.41, 5.74) is -0.322. The fourth-order valence-electron chi connectivity index (χ4n) is 9.86. The van der Waals surface area contributed by atoms with Crippen molar-refractivity contribution in [1.82, 2.24) is 9.55 Å². The van der Waals surface area contributed by atoms with Gasteiger partial charge in [-0.1, -0.05) is 48.5 Å². The minimum absolute atomic E-state index is 0.104. The predicted molar refractivity (Wildman–Crippen MR) is 250 cm³/mol. The number of hydrogen-bond donors (Lipinski definition) is 1. The van der Waals surface area contributed by atoms with E-state index in [0.29, 0.717) is 24.0 Å². The number of Topliss-reactive ketones (excluding diaryl/α,β-unsaturated/α-hetero) is 1. The number of ether oxygens (including phenoxy) is 3. The summed E-state index contributed by atoms with van der Waals surface area (Å²) in [6, 6.07) is 5.81. The van der Waals surface area contributed by atoms with Crippen LogP contribution in [0.1, 0.15) is 168 Å². The number of H-pyrrole nitrogens is 1. The third-order valence-electron chi connectivity index (χ3n) is 13.2. The van der Waals surface area contributed by atoms with E-state index >= 15 is 0 Å². The second kappa shape index (κ2) is 24.6. The van der Waals surface area contributed by atoms with E-state index in [1.165, 1.54) is 86.1 Å². The standard InChI is InChI=1S/C46H78N3O10PSi/c1-12-16-26-60(27-17-13-2,28-18-14-3)29-20-19-21-39(50)36-22-23-37(38(30-36)49(54)55)35(11)31-56-46(53)58-42-40(15-4)57-44(48-25-24-41(51)47-45(48)52)43(42)59-61(32(5)6,33(7)8)34(9)10/h22-25,30,32-35,40,42-44,60H,12-21,26-29,31H2,1-11H3,(H,47,51,52)/t35?,40-,42?,43+,44-/m1/s1. The average Bonchev–Trinajstić information content (AvgIpc) is 3.55. The van der Waals surface area contributed by atoms with Crippen LogP contribution in [0.5, 0.6) is 0 Å². The summed E-state index contributed by atoms with van der Waals surface area (Å²) in [6.45, 7) is 22.9. The molecular formula is C46H78N3O10PSi. The van der Waals surface area contributed by atoms with E-state index in [0.717, 1.165) is 12.8 Å². The molecule has 0 radical (unpaired) electrons. The molecule has 61 heavy (non-hydrogen) atoms. The number of nitrogens with one attached hydrogen (secondary N) is 1. The van der Waals surface area contributed by atoms with Crippen molar-refractivity contribution < 1.29 is 33.1 Å². The molecule has 1 aromatic carbocycles. The SMILES string of the molecule is CCCC[PH](CCCC)(CCCC)CCCCC(=O)c1ccc(C(C)COC(=O)OC2[C@@H](CC)O[C@@H](n3ccc(=O)[nH]c3=O)[C@H]2O[Si](C(C)C)(C(C)C)C(C)C)c([N+](=O)[O-])c1. The third kappa shape index (κ3) is 13.7. The van der Waals surface area contributed by atoms with Crippen molar-refractivity contribution in [2.24, 2.45) is 0 Å². The van der Waals surface area contributed by atoms with Gasteiger partial charge in [0.25, 0.3) is 5.56 Å². The summed E-state index contributed by atoms with van der Waals surface area (Å²) in [4.78, 5) is 66.1. The average molecular weight is 892 g/mol. The van der Waals surface area contributed by atoms with Crippen LogP contribution in [0.25, 0.3) is 0 Å². The molecular weight excluding hydrogens is 814 g/mol. The summed E-state index contributed by atoms with van der Waals surface area (Å²) in [7, 11) is -4.07. The van der Waals surface area contributed by atoms with Gasteiger partial charge in [0.05, 0.1) is 6.10 Å². The Kier molecular flexibility index (Phi) is 21.0. The molecule has 1 aliphatic rings. The van der Waals surface area contributed by atoms with Crippen LogP contribution in [0, 0.1) is 10.1 Å². The zero-order valence-electron chi connectivity index (χ0n) is 39.1. The van der Waals surface area contributed by atoms with Crippen molar-refractivity contribution in [1.29, 1.82) is 0 Å². The fraction of sp³-hybridized carbons (Fsp3) is 0.739. The van der Waals surface area contributed by atoms with Crippen molar-refractivity contribution in [2.75, 3.05) is 31.3 Å². The zero-order chi connectivity index (χ0) is 45.5. The molecule has 13 nitrogen and oxygen atoms in total. The number of carbonyl (C=O) groups excluding carboxylic acids is 2. The Bertz CT molecular complexity index is 1790. The maximum absolute atomic E-state index is 13.5. The predicted octanol–water partition coefficient (Wildman–Crippen LogP) is 11.1. The monoisotopic (exact) mass is 892 g/mol. The van der Waals surface area contributed by atoms with Crippen LogP contribution in [0.3, 0.4) is 0 Å². The van der Waals surface area contributed by atoms with Gasteiger partial charge >= 0.3 is 207 Å². The van der Waals surface area contributed by atoms with Gasteiger partial charge < -0.3 is 13.9 Å². The second-order valence-electron chi connectivity index (χ2n) is 18.4. The van der Waals surface area contributed by atoms with Crippen molar-refractivity contribution in [3.8, 4) is 0 Å². The second-order valence-corrected chi connectivity index (χ2v) is 28.8. The summed E-state index contributed by atoms with van der Waals surface area (Å²) in [5.74, 6) is -0.707. The van der Waals surface area contributed by atoms with Gasteiger partial charge in [-0.2, -0.15) is 0 Å². The molecule has 5 atom stereocenters. The first-order valence-corrected chi connectivity index (χ1v) is 28.2. The van der Waals surface area contributed by atoms with Gasteiger partial charge in [-0.05, 0) is 23.0 Å². The van der Waals surface area contributed by atoms with Gasteiger partial charge in [-0.25, -0.2) is 9.59 Å². The summed E-state index contributed by atoms with van der Waals surface area (Å²) < 4.78 is 26.5. The molecule has 2 heterocycles. The van der Waals surface area contributed by atoms with Crippen LogP contribution < -0.4 is 11.2 Å². The summed E-state index contributed by atoms with van der Waals surface area (Å²) >= 11 is 0. The van der Waals surface area contributed by atoms with Crippen LogP contribution in [-0.2, 0) is 18.6 Å². The van der Waals surface area contributed by atoms with Crippen molar-refractivity contribution in [3.63, 3.8) is 0 Å². The van der Waals surface area contributed by atoms with Crippen LogP contribution in [0.4, 0.5) is 10.5 Å². The molecule has 1 aromatic heterocycles. The van der Waals surface area contributed by atoms with Crippen molar-refractivity contribution >= 4 is 33.2 Å². The van der Waals surface area contributed by atoms with Crippen molar-refractivity contribution in [2.45, 2.75) is 187 Å². The van der Waals surface area contributed by atoms with Gasteiger partial charge in [0.1, 0.15) is 6.10 Å². The van der Waals surface area contributed by atoms with Gasteiger partial charge in [0.15, 0.2) is 12.3 Å². The molecule has 0 bridgehead atoms. The maximum atomic E-state index is 13.5. The molecule has 0 spiro atoms. The van der Waals surface area contributed by atoms with Gasteiger partial charge in [-0.3, -0.25) is 14.3 Å². The van der Waals surface area contributed by atoms with Gasteiger partial charge in [-0.15, -0.1) is 0 Å². The number of unbranched alkanes of at least 4 members (excludes halogenated alkanes) is 4. The molecule has 346 valence electrons. The van der Waals surface area contributed by atoms with Crippen LogP contribution in [0.15, 0.2) is 40.1 Å². The number of nitro benzene ring substituents is 1. The molecule has 1 aliphatic heterocycles. The zero-order valence-corrected chi connectivity index (χ0v) is 41.1. The normalized spacial score (nSPS) is 19.1. The van der Waals surface area contributed by atoms with Crippen LogP contribution in [0.2, 0.25) is 16.6 Å². The topological polar surface area (TPSA) is 169 Å². The first-order valence-electron chi connectivity index (χ1n) is 23.2.